The minimum atomic E-state index is -0.526. The lowest BCUT2D eigenvalue weighted by Crippen LogP contribution is -2.30. The Hall–Kier alpha value is -3.57. The maximum Gasteiger partial charge on any atom is 0.271 e. The molecule has 2 aromatic heterocycles. The molecule has 0 spiro atoms. The lowest BCUT2D eigenvalue weighted by Gasteiger charge is -2.13. The molecule has 0 aliphatic rings. The first-order chi connectivity index (χ1) is 14.1. The van der Waals surface area contributed by atoms with Crippen molar-refractivity contribution in [1.29, 1.82) is 5.26 Å². The number of hydrogen-bond donors (Lipinski definition) is 2. The lowest BCUT2D eigenvalue weighted by atomic mass is 10.2. The highest BCUT2D eigenvalue weighted by Gasteiger charge is 2.18. The van der Waals surface area contributed by atoms with Gasteiger partial charge in [-0.15, -0.1) is 9.24 Å². The van der Waals surface area contributed by atoms with Gasteiger partial charge in [-0.1, -0.05) is 36.6 Å². The second-order valence-corrected chi connectivity index (χ2v) is 6.65. The smallest absolute Gasteiger partial charge is 0.271 e. The fourth-order valence-corrected chi connectivity index (χ4v) is 3.05. The Morgan fingerprint density at radius 1 is 1.38 bits per heavy atom. The van der Waals surface area contributed by atoms with Gasteiger partial charge in [-0.05, 0) is 29.0 Å². The summed E-state index contributed by atoms with van der Waals surface area (Å²) in [5.74, 6) is 0.0118. The van der Waals surface area contributed by atoms with Gasteiger partial charge in [-0.3, -0.25) is 9.36 Å². The average Bonchev–Trinajstić information content (AvgIpc) is 3.20. The van der Waals surface area contributed by atoms with Crippen LogP contribution in [-0.2, 0) is 6.54 Å². The first-order valence-corrected chi connectivity index (χ1v) is 9.44. The number of aromatic nitrogens is 5. The molecule has 1 atom stereocenters. The molecule has 11 heteroatoms. The highest BCUT2D eigenvalue weighted by molar-refractivity contribution is 7.28. The molecule has 0 fully saturated rings. The normalized spacial score (nSPS) is 10.9. The molecular formula is C18H19N8O2P. The SMILES string of the molecule is CCCCn1c(O)c(/C=N/Nc2nnnn2-c2ccccc2)c(P)c(C#N)c1=O. The molecular weight excluding hydrogens is 391 g/mol. The molecule has 0 amide bonds. The number of nitrogens with zero attached hydrogens (tertiary/aromatic N) is 7. The van der Waals surface area contributed by atoms with Gasteiger partial charge in [-0.25, -0.2) is 5.43 Å². The lowest BCUT2D eigenvalue weighted by molar-refractivity contribution is 0.401. The first kappa shape index (κ1) is 20.2. The third-order valence-electron chi connectivity index (χ3n) is 4.19. The summed E-state index contributed by atoms with van der Waals surface area (Å²) >= 11 is 0. The molecule has 3 rings (SSSR count). The van der Waals surface area contributed by atoms with Crippen LogP contribution in [0.4, 0.5) is 5.95 Å². The zero-order valence-corrected chi connectivity index (χ0v) is 16.8. The average molecular weight is 410 g/mol. The summed E-state index contributed by atoms with van der Waals surface area (Å²) in [6.07, 6.45) is 2.85. The van der Waals surface area contributed by atoms with Crippen molar-refractivity contribution < 1.29 is 5.11 Å². The zero-order valence-electron chi connectivity index (χ0n) is 15.6. The van der Waals surface area contributed by atoms with E-state index in [9.17, 15) is 15.2 Å². The van der Waals surface area contributed by atoms with E-state index in [0.717, 1.165) is 12.1 Å². The number of unbranched alkanes of at least 4 members (excludes halogenated alkanes) is 1. The number of anilines is 1. The van der Waals surface area contributed by atoms with Crippen molar-refractivity contribution in [2.75, 3.05) is 5.43 Å². The van der Waals surface area contributed by atoms with Crippen molar-refractivity contribution in [1.82, 2.24) is 24.8 Å². The van der Waals surface area contributed by atoms with Gasteiger partial charge in [0.1, 0.15) is 11.6 Å². The van der Waals surface area contributed by atoms with Gasteiger partial charge in [0.25, 0.3) is 11.5 Å². The molecule has 0 aliphatic heterocycles. The van der Waals surface area contributed by atoms with E-state index >= 15 is 0 Å². The predicted octanol–water partition coefficient (Wildman–Crippen LogP) is 1.15. The summed E-state index contributed by atoms with van der Waals surface area (Å²) in [7, 11) is 2.32. The van der Waals surface area contributed by atoms with Crippen LogP contribution in [0.15, 0.2) is 40.2 Å². The number of pyridine rings is 1. The van der Waals surface area contributed by atoms with E-state index in [-0.39, 0.29) is 28.3 Å². The fraction of sp³-hybridized carbons (Fsp3) is 0.222. The van der Waals surface area contributed by atoms with Crippen molar-refractivity contribution in [3.8, 4) is 17.6 Å². The molecule has 0 aliphatic carbocycles. The third kappa shape index (κ3) is 4.15. The summed E-state index contributed by atoms with van der Waals surface area (Å²) in [5.41, 5.74) is 3.12. The largest absolute Gasteiger partial charge is 0.494 e. The molecule has 0 saturated heterocycles. The Morgan fingerprint density at radius 3 is 2.83 bits per heavy atom. The van der Waals surface area contributed by atoms with E-state index in [1.165, 1.54) is 15.5 Å². The minimum absolute atomic E-state index is 0.0560. The van der Waals surface area contributed by atoms with Crippen LogP contribution in [0.5, 0.6) is 5.88 Å². The summed E-state index contributed by atoms with van der Waals surface area (Å²) in [6.45, 7) is 2.28. The Balaban J connectivity index is 1.93. The van der Waals surface area contributed by atoms with Gasteiger partial charge in [0.15, 0.2) is 0 Å². The standard InChI is InChI=1S/C18H19N8O2P/c1-2-3-9-25-16(27)13(10-19)15(29)14(17(25)28)11-20-21-18-22-23-24-26(18)12-7-5-4-6-8-12/h4-8,11,28H,2-3,9,29H2,1H3,(H,21,22,24)/b20-11+. The highest BCUT2D eigenvalue weighted by atomic mass is 31.0. The maximum atomic E-state index is 12.4. The van der Waals surface area contributed by atoms with Crippen LogP contribution < -0.4 is 16.3 Å². The number of para-hydroxylation sites is 1. The topological polar surface area (TPSA) is 134 Å². The number of nitrogens with one attached hydrogen (secondary N) is 1. The number of hydrogen-bond acceptors (Lipinski definition) is 8. The molecule has 0 bridgehead atoms. The Labute approximate surface area is 168 Å². The molecule has 148 valence electrons. The molecule has 29 heavy (non-hydrogen) atoms. The molecule has 3 aromatic rings. The van der Waals surface area contributed by atoms with Crippen molar-refractivity contribution in [2.45, 2.75) is 26.3 Å². The number of benzene rings is 1. The van der Waals surface area contributed by atoms with Crippen LogP contribution in [0.3, 0.4) is 0 Å². The Kier molecular flexibility index (Phi) is 6.32. The van der Waals surface area contributed by atoms with Gasteiger partial charge < -0.3 is 5.11 Å². The molecule has 0 radical (unpaired) electrons. The molecule has 0 saturated carbocycles. The number of hydrazone groups is 1. The van der Waals surface area contributed by atoms with E-state index in [1.54, 1.807) is 0 Å². The Morgan fingerprint density at radius 2 is 2.14 bits per heavy atom. The van der Waals surface area contributed by atoms with Crippen molar-refractivity contribution in [3.63, 3.8) is 0 Å². The number of rotatable bonds is 7. The van der Waals surface area contributed by atoms with E-state index in [2.05, 4.69) is 35.3 Å². The van der Waals surface area contributed by atoms with Gasteiger partial charge in [-0.2, -0.15) is 15.0 Å². The number of nitriles is 1. The van der Waals surface area contributed by atoms with Gasteiger partial charge in [0, 0.05) is 11.8 Å². The maximum absolute atomic E-state index is 12.4. The fourth-order valence-electron chi connectivity index (χ4n) is 2.66. The van der Waals surface area contributed by atoms with Crippen LogP contribution in [0.25, 0.3) is 5.69 Å². The van der Waals surface area contributed by atoms with Crippen molar-refractivity contribution in [3.05, 3.63) is 51.8 Å². The van der Waals surface area contributed by atoms with Crippen LogP contribution in [-0.4, -0.2) is 36.1 Å². The van der Waals surface area contributed by atoms with E-state index in [1.807, 2.05) is 43.3 Å². The van der Waals surface area contributed by atoms with Crippen LogP contribution >= 0.6 is 9.24 Å². The van der Waals surface area contributed by atoms with Gasteiger partial charge >= 0.3 is 0 Å². The molecule has 10 nitrogen and oxygen atoms in total. The van der Waals surface area contributed by atoms with Crippen molar-refractivity contribution >= 4 is 26.7 Å². The Bertz CT molecular complexity index is 1130. The second kappa shape index (κ2) is 9.08. The van der Waals surface area contributed by atoms with Crippen molar-refractivity contribution in [2.24, 2.45) is 5.10 Å². The molecule has 2 N–H and O–H groups in total. The van der Waals surface area contributed by atoms with Gasteiger partial charge in [0.2, 0.25) is 5.88 Å². The second-order valence-electron chi connectivity index (χ2n) is 6.07. The van der Waals surface area contributed by atoms with E-state index in [0.29, 0.717) is 13.0 Å². The summed E-state index contributed by atoms with van der Waals surface area (Å²) in [6, 6.07) is 11.1. The highest BCUT2D eigenvalue weighted by Crippen LogP contribution is 2.16. The third-order valence-corrected chi connectivity index (χ3v) is 4.79. The van der Waals surface area contributed by atoms with E-state index in [4.69, 9.17) is 0 Å². The predicted molar refractivity (Wildman–Crippen MR) is 112 cm³/mol. The monoisotopic (exact) mass is 410 g/mol. The molecule has 1 aromatic carbocycles. The van der Waals surface area contributed by atoms with Crippen LogP contribution in [0.1, 0.15) is 30.9 Å². The molecule has 1 unspecified atom stereocenters. The summed E-state index contributed by atoms with van der Waals surface area (Å²) in [5, 5.41) is 35.7. The molecule has 2 heterocycles. The number of tetrazole rings is 1. The summed E-state index contributed by atoms with van der Waals surface area (Å²) < 4.78 is 2.65. The van der Waals surface area contributed by atoms with Crippen LogP contribution in [0, 0.1) is 11.3 Å². The van der Waals surface area contributed by atoms with Gasteiger partial charge in [0.05, 0.1) is 17.5 Å². The first-order valence-electron chi connectivity index (χ1n) is 8.86. The zero-order chi connectivity index (χ0) is 20.8. The summed E-state index contributed by atoms with van der Waals surface area (Å²) in [4.78, 5) is 12.4. The van der Waals surface area contributed by atoms with Crippen LogP contribution in [0.2, 0.25) is 0 Å². The minimum Gasteiger partial charge on any atom is -0.494 e. The quantitative estimate of drug-likeness (QED) is 0.339. The number of aromatic hydroxyl groups is 1. The van der Waals surface area contributed by atoms with E-state index < -0.39 is 5.56 Å².